The molecule has 1 aromatic carbocycles. The van der Waals surface area contributed by atoms with E-state index in [0.717, 1.165) is 18.9 Å². The molecule has 0 aliphatic carbocycles. The zero-order valence-electron chi connectivity index (χ0n) is 10.9. The molecule has 17 heavy (non-hydrogen) atoms. The number of methoxy groups -OCH3 is 1. The summed E-state index contributed by atoms with van der Waals surface area (Å²) in [6.45, 7) is 4.34. The van der Waals surface area contributed by atoms with Crippen LogP contribution >= 0.6 is 11.8 Å². The van der Waals surface area contributed by atoms with Gasteiger partial charge >= 0.3 is 0 Å². The first-order valence-corrected chi connectivity index (χ1v) is 6.88. The summed E-state index contributed by atoms with van der Waals surface area (Å²) >= 11 is 1.84. The van der Waals surface area contributed by atoms with Crippen LogP contribution in [-0.2, 0) is 11.3 Å². The van der Waals surface area contributed by atoms with Gasteiger partial charge in [-0.2, -0.15) is 0 Å². The summed E-state index contributed by atoms with van der Waals surface area (Å²) in [5, 5.41) is 0. The number of anilines is 1. The van der Waals surface area contributed by atoms with Crippen molar-refractivity contribution >= 4 is 17.4 Å². The van der Waals surface area contributed by atoms with Crippen LogP contribution in [0.15, 0.2) is 23.1 Å². The van der Waals surface area contributed by atoms with Crippen molar-refractivity contribution in [2.45, 2.75) is 18.4 Å². The second kappa shape index (κ2) is 7.58. The van der Waals surface area contributed by atoms with Crippen LogP contribution in [0.1, 0.15) is 12.5 Å². The monoisotopic (exact) mass is 254 g/mol. The van der Waals surface area contributed by atoms with Gasteiger partial charge in [0.25, 0.3) is 0 Å². The molecule has 0 aliphatic heterocycles. The second-order valence-electron chi connectivity index (χ2n) is 3.81. The molecule has 0 heterocycles. The molecule has 0 spiro atoms. The van der Waals surface area contributed by atoms with Gasteiger partial charge in [0.2, 0.25) is 0 Å². The maximum absolute atomic E-state index is 5.88. The third-order valence-electron chi connectivity index (χ3n) is 2.65. The van der Waals surface area contributed by atoms with Gasteiger partial charge in [0.15, 0.2) is 0 Å². The third kappa shape index (κ3) is 3.91. The van der Waals surface area contributed by atoms with E-state index >= 15 is 0 Å². The fourth-order valence-electron chi connectivity index (χ4n) is 1.76. The Kier molecular flexibility index (Phi) is 6.40. The predicted octanol–water partition coefficient (Wildman–Crippen LogP) is 2.34. The van der Waals surface area contributed by atoms with Crippen molar-refractivity contribution in [3.05, 3.63) is 23.8 Å². The van der Waals surface area contributed by atoms with Gasteiger partial charge in [-0.15, -0.1) is 11.8 Å². The van der Waals surface area contributed by atoms with Gasteiger partial charge < -0.3 is 15.4 Å². The molecule has 1 rings (SSSR count). The maximum atomic E-state index is 5.88. The molecule has 0 aliphatic rings. The smallest absolute Gasteiger partial charge is 0.0637 e. The average Bonchev–Trinajstić information content (AvgIpc) is 2.36. The van der Waals surface area contributed by atoms with Crippen molar-refractivity contribution in [2.75, 3.05) is 38.0 Å². The van der Waals surface area contributed by atoms with E-state index in [2.05, 4.69) is 37.1 Å². The van der Waals surface area contributed by atoms with Crippen LogP contribution in [0.25, 0.3) is 0 Å². The van der Waals surface area contributed by atoms with Crippen LogP contribution in [0.5, 0.6) is 0 Å². The number of ether oxygens (including phenoxy) is 1. The highest BCUT2D eigenvalue weighted by Gasteiger charge is 2.10. The molecule has 96 valence electrons. The average molecular weight is 254 g/mol. The molecule has 2 N–H and O–H groups in total. The minimum Gasteiger partial charge on any atom is -0.383 e. The highest BCUT2D eigenvalue weighted by atomic mass is 32.2. The molecule has 0 fully saturated rings. The second-order valence-corrected chi connectivity index (χ2v) is 5.11. The van der Waals surface area contributed by atoms with Gasteiger partial charge in [-0.1, -0.05) is 13.0 Å². The minimum atomic E-state index is 0.579. The number of hydrogen-bond acceptors (Lipinski definition) is 4. The molecular formula is C13H22N2OS. The third-order valence-corrected chi connectivity index (χ3v) is 3.64. The lowest BCUT2D eigenvalue weighted by Crippen LogP contribution is -2.24. The zero-order valence-corrected chi connectivity index (χ0v) is 11.7. The quantitative estimate of drug-likeness (QED) is 0.758. The number of benzene rings is 1. The van der Waals surface area contributed by atoms with E-state index in [1.165, 1.54) is 16.1 Å². The molecule has 0 aromatic heterocycles. The maximum Gasteiger partial charge on any atom is 0.0637 e. The Bertz CT molecular complexity index is 344. The topological polar surface area (TPSA) is 38.5 Å². The highest BCUT2D eigenvalue weighted by Crippen LogP contribution is 2.29. The molecule has 0 radical (unpaired) electrons. The number of likely N-dealkylation sites (N-methyl/N-ethyl adjacent to an activating group) is 1. The van der Waals surface area contributed by atoms with Crippen molar-refractivity contribution in [3.8, 4) is 0 Å². The number of thioether (sulfide) groups is 1. The summed E-state index contributed by atoms with van der Waals surface area (Å²) < 4.78 is 5.11. The van der Waals surface area contributed by atoms with Gasteiger partial charge in [0.1, 0.15) is 0 Å². The SMILES string of the molecule is CCSc1cccc(N(C)CCOC)c1CN. The van der Waals surface area contributed by atoms with Crippen molar-refractivity contribution in [1.29, 1.82) is 0 Å². The largest absolute Gasteiger partial charge is 0.383 e. The van der Waals surface area contributed by atoms with Crippen LogP contribution in [0.3, 0.4) is 0 Å². The van der Waals surface area contributed by atoms with Crippen LogP contribution in [0.2, 0.25) is 0 Å². The van der Waals surface area contributed by atoms with E-state index in [4.69, 9.17) is 10.5 Å². The number of nitrogens with two attached hydrogens (primary N) is 1. The summed E-state index contributed by atoms with van der Waals surface area (Å²) in [7, 11) is 3.80. The van der Waals surface area contributed by atoms with Crippen LogP contribution < -0.4 is 10.6 Å². The Morgan fingerprint density at radius 1 is 1.41 bits per heavy atom. The zero-order chi connectivity index (χ0) is 12.7. The molecule has 0 atom stereocenters. The van der Waals surface area contributed by atoms with E-state index in [-0.39, 0.29) is 0 Å². The van der Waals surface area contributed by atoms with E-state index in [1.54, 1.807) is 7.11 Å². The van der Waals surface area contributed by atoms with Crippen LogP contribution in [0.4, 0.5) is 5.69 Å². The van der Waals surface area contributed by atoms with Gasteiger partial charge in [-0.25, -0.2) is 0 Å². The van der Waals surface area contributed by atoms with E-state index < -0.39 is 0 Å². The molecule has 0 saturated heterocycles. The van der Waals surface area contributed by atoms with Gasteiger partial charge in [0, 0.05) is 43.4 Å². The molecular weight excluding hydrogens is 232 g/mol. The van der Waals surface area contributed by atoms with Gasteiger partial charge in [0.05, 0.1) is 6.61 Å². The Morgan fingerprint density at radius 3 is 2.76 bits per heavy atom. The molecule has 0 bridgehead atoms. The summed E-state index contributed by atoms with van der Waals surface area (Å²) in [5.41, 5.74) is 8.32. The lowest BCUT2D eigenvalue weighted by atomic mass is 10.1. The minimum absolute atomic E-state index is 0.579. The van der Waals surface area contributed by atoms with Gasteiger partial charge in [-0.3, -0.25) is 0 Å². The van der Waals surface area contributed by atoms with Crippen molar-refractivity contribution < 1.29 is 4.74 Å². The fourth-order valence-corrected chi connectivity index (χ4v) is 2.60. The number of nitrogens with zero attached hydrogens (tertiary/aromatic N) is 1. The molecule has 4 heteroatoms. The number of rotatable bonds is 7. The molecule has 0 amide bonds. The molecule has 0 saturated carbocycles. The number of hydrogen-bond donors (Lipinski definition) is 1. The Morgan fingerprint density at radius 2 is 2.18 bits per heavy atom. The van der Waals surface area contributed by atoms with E-state index in [0.29, 0.717) is 6.54 Å². The first-order chi connectivity index (χ1) is 8.24. The van der Waals surface area contributed by atoms with E-state index in [9.17, 15) is 0 Å². The standard InChI is InChI=1S/C13H22N2OS/c1-4-17-13-7-5-6-12(11(13)10-14)15(2)8-9-16-3/h5-7H,4,8-10,14H2,1-3H3. The summed E-state index contributed by atoms with van der Waals surface area (Å²) in [6.07, 6.45) is 0. The highest BCUT2D eigenvalue weighted by molar-refractivity contribution is 7.99. The normalized spacial score (nSPS) is 10.6. The first-order valence-electron chi connectivity index (χ1n) is 5.89. The van der Waals surface area contributed by atoms with Crippen molar-refractivity contribution in [1.82, 2.24) is 0 Å². The predicted molar refractivity (Wildman–Crippen MR) is 75.9 cm³/mol. The van der Waals surface area contributed by atoms with Crippen LogP contribution in [0, 0.1) is 0 Å². The lowest BCUT2D eigenvalue weighted by molar-refractivity contribution is 0.206. The molecule has 0 unspecified atom stereocenters. The van der Waals surface area contributed by atoms with Gasteiger partial charge in [-0.05, 0) is 17.9 Å². The Labute approximate surface area is 108 Å². The summed E-state index contributed by atoms with van der Waals surface area (Å²) in [6, 6.07) is 6.36. The molecule has 3 nitrogen and oxygen atoms in total. The molecule has 1 aromatic rings. The Hall–Kier alpha value is -0.710. The first kappa shape index (κ1) is 14.4. The summed E-state index contributed by atoms with van der Waals surface area (Å²) in [5.74, 6) is 1.07. The van der Waals surface area contributed by atoms with Crippen LogP contribution in [-0.4, -0.2) is 33.1 Å². The van der Waals surface area contributed by atoms with Crippen molar-refractivity contribution in [2.24, 2.45) is 5.73 Å². The Balaban J connectivity index is 2.93. The fraction of sp³-hybridized carbons (Fsp3) is 0.538. The van der Waals surface area contributed by atoms with Crippen molar-refractivity contribution in [3.63, 3.8) is 0 Å². The summed E-state index contributed by atoms with van der Waals surface area (Å²) in [4.78, 5) is 3.49. The van der Waals surface area contributed by atoms with E-state index in [1.807, 2.05) is 11.8 Å². The lowest BCUT2D eigenvalue weighted by Gasteiger charge is -2.23.